The van der Waals surface area contributed by atoms with Gasteiger partial charge in [0.2, 0.25) is 5.91 Å². The van der Waals surface area contributed by atoms with Gasteiger partial charge in [0.05, 0.1) is 17.5 Å². The summed E-state index contributed by atoms with van der Waals surface area (Å²) in [5, 5.41) is 2.78. The molecule has 5 heteroatoms. The third-order valence-corrected chi connectivity index (χ3v) is 2.75. The number of amides is 1. The molecule has 1 N–H and O–H groups in total. The summed E-state index contributed by atoms with van der Waals surface area (Å²) >= 11 is 3.31. The van der Waals surface area contributed by atoms with Crippen LogP contribution < -0.4 is 10.1 Å². The van der Waals surface area contributed by atoms with E-state index >= 15 is 0 Å². The predicted octanol–water partition coefficient (Wildman–Crippen LogP) is 2.56. The predicted molar refractivity (Wildman–Crippen MR) is 72.9 cm³/mol. The van der Waals surface area contributed by atoms with Crippen molar-refractivity contribution in [2.75, 3.05) is 6.61 Å². The maximum absolute atomic E-state index is 11.4. The van der Waals surface area contributed by atoms with E-state index in [2.05, 4.69) is 21.2 Å². The van der Waals surface area contributed by atoms with Crippen LogP contribution in [0.4, 0.5) is 0 Å². The van der Waals surface area contributed by atoms with Crippen molar-refractivity contribution >= 4 is 28.1 Å². The molecule has 1 amide bonds. The Hall–Kier alpha value is -1.36. The number of carbonyl (C=O) groups is 2. The summed E-state index contributed by atoms with van der Waals surface area (Å²) < 4.78 is 6.17. The van der Waals surface area contributed by atoms with Crippen molar-refractivity contribution in [1.29, 1.82) is 0 Å². The second-order valence-electron chi connectivity index (χ2n) is 4.13. The van der Waals surface area contributed by atoms with E-state index in [1.807, 2.05) is 13.8 Å². The molecule has 0 aliphatic carbocycles. The number of carbonyl (C=O) groups excluding carboxylic acids is 2. The molecule has 1 aromatic carbocycles. The Labute approximate surface area is 115 Å². The van der Waals surface area contributed by atoms with Crippen LogP contribution in [0.15, 0.2) is 22.7 Å². The van der Waals surface area contributed by atoms with Crippen LogP contribution in [-0.4, -0.2) is 24.8 Å². The van der Waals surface area contributed by atoms with Crippen LogP contribution in [0.5, 0.6) is 5.75 Å². The largest absolute Gasteiger partial charge is 0.492 e. The monoisotopic (exact) mass is 313 g/mol. The number of halogens is 1. The van der Waals surface area contributed by atoms with Crippen molar-refractivity contribution < 1.29 is 14.3 Å². The highest BCUT2D eigenvalue weighted by atomic mass is 79.9. The first-order valence-corrected chi connectivity index (χ1v) is 6.49. The van der Waals surface area contributed by atoms with Gasteiger partial charge in [-0.05, 0) is 48.0 Å². The van der Waals surface area contributed by atoms with Gasteiger partial charge in [-0.3, -0.25) is 9.59 Å². The molecular weight excluding hydrogens is 298 g/mol. The zero-order chi connectivity index (χ0) is 13.5. The van der Waals surface area contributed by atoms with Gasteiger partial charge in [-0.15, -0.1) is 0 Å². The first-order chi connectivity index (χ1) is 8.52. The lowest BCUT2D eigenvalue weighted by Crippen LogP contribution is -2.31. The number of hydrogen-bond donors (Lipinski definition) is 1. The van der Waals surface area contributed by atoms with E-state index in [0.29, 0.717) is 28.8 Å². The lowest BCUT2D eigenvalue weighted by atomic mass is 10.2. The van der Waals surface area contributed by atoms with E-state index in [0.717, 1.165) is 6.29 Å². The SMILES string of the molecule is CC(C)NC(=O)CCOc1ccc(C=O)cc1Br. The normalized spacial score (nSPS) is 10.2. The zero-order valence-electron chi connectivity index (χ0n) is 10.4. The fourth-order valence-electron chi connectivity index (χ4n) is 1.36. The topological polar surface area (TPSA) is 55.4 Å². The van der Waals surface area contributed by atoms with Crippen molar-refractivity contribution in [2.45, 2.75) is 26.3 Å². The second kappa shape index (κ2) is 7.16. The lowest BCUT2D eigenvalue weighted by molar-refractivity contribution is -0.122. The van der Waals surface area contributed by atoms with Crippen LogP contribution in [0.1, 0.15) is 30.6 Å². The Morgan fingerprint density at radius 3 is 2.78 bits per heavy atom. The number of nitrogens with one attached hydrogen (secondary N) is 1. The number of rotatable bonds is 6. The molecule has 0 saturated heterocycles. The van der Waals surface area contributed by atoms with Crippen LogP contribution in [0, 0.1) is 0 Å². The Morgan fingerprint density at radius 1 is 1.50 bits per heavy atom. The fraction of sp³-hybridized carbons (Fsp3) is 0.385. The molecule has 1 rings (SSSR count). The molecule has 0 atom stereocenters. The highest BCUT2D eigenvalue weighted by Gasteiger charge is 2.06. The van der Waals surface area contributed by atoms with Gasteiger partial charge in [0.15, 0.2) is 0 Å². The number of aldehydes is 1. The van der Waals surface area contributed by atoms with Crippen molar-refractivity contribution in [2.24, 2.45) is 0 Å². The molecule has 18 heavy (non-hydrogen) atoms. The molecule has 0 bridgehead atoms. The highest BCUT2D eigenvalue weighted by Crippen LogP contribution is 2.25. The first kappa shape index (κ1) is 14.7. The van der Waals surface area contributed by atoms with Gasteiger partial charge < -0.3 is 10.1 Å². The summed E-state index contributed by atoms with van der Waals surface area (Å²) in [5.74, 6) is 0.587. The molecule has 0 radical (unpaired) electrons. The Bertz CT molecular complexity index is 432. The second-order valence-corrected chi connectivity index (χ2v) is 4.98. The quantitative estimate of drug-likeness (QED) is 0.821. The van der Waals surface area contributed by atoms with E-state index in [9.17, 15) is 9.59 Å². The average Bonchev–Trinajstić information content (AvgIpc) is 2.30. The summed E-state index contributed by atoms with van der Waals surface area (Å²) in [6.45, 7) is 4.12. The van der Waals surface area contributed by atoms with E-state index in [1.54, 1.807) is 18.2 Å². The molecule has 0 fully saturated rings. The Kier molecular flexibility index (Phi) is 5.85. The van der Waals surface area contributed by atoms with Crippen LogP contribution in [0.3, 0.4) is 0 Å². The van der Waals surface area contributed by atoms with Crippen LogP contribution in [0.25, 0.3) is 0 Å². The molecular formula is C13H16BrNO3. The third-order valence-electron chi connectivity index (χ3n) is 2.13. The fourth-order valence-corrected chi connectivity index (χ4v) is 1.87. The first-order valence-electron chi connectivity index (χ1n) is 5.70. The van der Waals surface area contributed by atoms with E-state index in [1.165, 1.54) is 0 Å². The summed E-state index contributed by atoms with van der Waals surface area (Å²) in [7, 11) is 0. The van der Waals surface area contributed by atoms with Crippen LogP contribution in [-0.2, 0) is 4.79 Å². The molecule has 0 spiro atoms. The van der Waals surface area contributed by atoms with E-state index in [-0.39, 0.29) is 11.9 Å². The van der Waals surface area contributed by atoms with Crippen molar-refractivity contribution in [3.05, 3.63) is 28.2 Å². The maximum Gasteiger partial charge on any atom is 0.223 e. The molecule has 0 aliphatic rings. The summed E-state index contributed by atoms with van der Waals surface area (Å²) in [6, 6.07) is 5.18. The lowest BCUT2D eigenvalue weighted by Gasteiger charge is -2.10. The van der Waals surface area contributed by atoms with Crippen molar-refractivity contribution in [3.8, 4) is 5.75 Å². The number of hydrogen-bond acceptors (Lipinski definition) is 3. The van der Waals surface area contributed by atoms with Crippen molar-refractivity contribution in [3.63, 3.8) is 0 Å². The molecule has 4 nitrogen and oxygen atoms in total. The molecule has 0 saturated carbocycles. The van der Waals surface area contributed by atoms with E-state index in [4.69, 9.17) is 4.74 Å². The molecule has 0 unspecified atom stereocenters. The molecule has 98 valence electrons. The Morgan fingerprint density at radius 2 is 2.22 bits per heavy atom. The Balaban J connectivity index is 2.44. The van der Waals surface area contributed by atoms with Gasteiger partial charge >= 0.3 is 0 Å². The summed E-state index contributed by atoms with van der Waals surface area (Å²) in [5.41, 5.74) is 0.576. The van der Waals surface area contributed by atoms with Gasteiger partial charge in [-0.25, -0.2) is 0 Å². The van der Waals surface area contributed by atoms with Crippen LogP contribution >= 0.6 is 15.9 Å². The zero-order valence-corrected chi connectivity index (χ0v) is 12.0. The molecule has 0 aromatic heterocycles. The standard InChI is InChI=1S/C13H16BrNO3/c1-9(2)15-13(17)5-6-18-12-4-3-10(8-16)7-11(12)14/h3-4,7-9H,5-6H2,1-2H3,(H,15,17). The molecule has 0 heterocycles. The van der Waals surface area contributed by atoms with Gasteiger partial charge in [-0.1, -0.05) is 0 Å². The maximum atomic E-state index is 11.4. The summed E-state index contributed by atoms with van der Waals surface area (Å²) in [6.07, 6.45) is 1.07. The average molecular weight is 314 g/mol. The highest BCUT2D eigenvalue weighted by molar-refractivity contribution is 9.10. The molecule has 1 aromatic rings. The van der Waals surface area contributed by atoms with E-state index < -0.39 is 0 Å². The molecule has 0 aliphatic heterocycles. The van der Waals surface area contributed by atoms with Gasteiger partial charge in [0.1, 0.15) is 12.0 Å². The smallest absolute Gasteiger partial charge is 0.223 e. The number of benzene rings is 1. The summed E-state index contributed by atoms with van der Waals surface area (Å²) in [4.78, 5) is 21.9. The minimum Gasteiger partial charge on any atom is -0.492 e. The third kappa shape index (κ3) is 4.87. The van der Waals surface area contributed by atoms with Crippen LogP contribution in [0.2, 0.25) is 0 Å². The minimum atomic E-state index is -0.0364. The van der Waals surface area contributed by atoms with Gasteiger partial charge in [0.25, 0.3) is 0 Å². The van der Waals surface area contributed by atoms with Gasteiger partial charge in [0, 0.05) is 11.6 Å². The van der Waals surface area contributed by atoms with Gasteiger partial charge in [-0.2, -0.15) is 0 Å². The minimum absolute atomic E-state index is 0.0364. The van der Waals surface area contributed by atoms with Crippen molar-refractivity contribution in [1.82, 2.24) is 5.32 Å². The number of ether oxygens (including phenoxy) is 1.